The maximum atomic E-state index is 13.0. The largest absolute Gasteiger partial charge is 0.359 e. The molecule has 0 aliphatic carbocycles. The normalized spacial score (nSPS) is 19.3. The van der Waals surface area contributed by atoms with Crippen LogP contribution in [0.5, 0.6) is 0 Å². The summed E-state index contributed by atoms with van der Waals surface area (Å²) >= 11 is 12.4. The lowest BCUT2D eigenvalue weighted by atomic mass is 10.1. The van der Waals surface area contributed by atoms with Gasteiger partial charge in [0.2, 0.25) is 0 Å². The van der Waals surface area contributed by atoms with E-state index in [2.05, 4.69) is 15.3 Å². The number of aromatic nitrogens is 2. The summed E-state index contributed by atoms with van der Waals surface area (Å²) in [6.07, 6.45) is 1.62. The average molecular weight is 475 g/mol. The minimum absolute atomic E-state index is 0.210. The van der Waals surface area contributed by atoms with Crippen LogP contribution in [0.3, 0.4) is 0 Å². The Kier molecular flexibility index (Phi) is 6.16. The second-order valence-electron chi connectivity index (χ2n) is 8.11. The number of H-pyrrole nitrogens is 1. The van der Waals surface area contributed by atoms with Gasteiger partial charge in [0.1, 0.15) is 11.5 Å². The number of imidazole rings is 1. The minimum atomic E-state index is -0.650. The van der Waals surface area contributed by atoms with Crippen molar-refractivity contribution in [3.8, 4) is 0 Å². The van der Waals surface area contributed by atoms with Crippen molar-refractivity contribution in [3.05, 3.63) is 63.4 Å². The topological polar surface area (TPSA) is 87.3 Å². The first-order valence-corrected chi connectivity index (χ1v) is 11.1. The molecule has 1 aliphatic rings. The third kappa shape index (κ3) is 4.20. The highest BCUT2D eigenvalue weighted by atomic mass is 35.5. The molecule has 1 saturated heterocycles. The first kappa shape index (κ1) is 22.6. The molecular weight excluding hydrogens is 451 g/mol. The van der Waals surface area contributed by atoms with Crippen LogP contribution in [0.1, 0.15) is 59.3 Å². The van der Waals surface area contributed by atoms with Gasteiger partial charge in [-0.05, 0) is 63.1 Å². The molecule has 1 aromatic heterocycles. The number of ether oxygens (including phenoxy) is 1. The fourth-order valence-electron chi connectivity index (χ4n) is 4.00. The monoisotopic (exact) mass is 474 g/mol. The van der Waals surface area contributed by atoms with E-state index >= 15 is 0 Å². The predicted octanol–water partition coefficient (Wildman–Crippen LogP) is 4.96. The number of rotatable bonds is 5. The summed E-state index contributed by atoms with van der Waals surface area (Å²) in [7, 11) is 1.60. The highest BCUT2D eigenvalue weighted by Gasteiger charge is 2.40. The van der Waals surface area contributed by atoms with E-state index in [-0.39, 0.29) is 22.9 Å². The zero-order valence-electron chi connectivity index (χ0n) is 18.0. The van der Waals surface area contributed by atoms with Crippen molar-refractivity contribution < 1.29 is 14.3 Å². The molecule has 7 nitrogen and oxygen atoms in total. The number of likely N-dealkylation sites (tertiary alicyclic amines) is 1. The number of fused-ring (bicyclic) bond motifs is 1. The van der Waals surface area contributed by atoms with Gasteiger partial charge >= 0.3 is 0 Å². The molecule has 1 fully saturated rings. The number of carbonyl (C=O) groups is 2. The van der Waals surface area contributed by atoms with E-state index in [1.165, 1.54) is 6.07 Å². The lowest BCUT2D eigenvalue weighted by molar-refractivity contribution is -0.0796. The number of methoxy groups -OCH3 is 1. The van der Waals surface area contributed by atoms with Gasteiger partial charge in [0.15, 0.2) is 0 Å². The molecule has 0 unspecified atom stereocenters. The van der Waals surface area contributed by atoms with Gasteiger partial charge < -0.3 is 19.9 Å². The highest BCUT2D eigenvalue weighted by molar-refractivity contribution is 6.34. The predicted molar refractivity (Wildman–Crippen MR) is 124 cm³/mol. The number of benzene rings is 2. The van der Waals surface area contributed by atoms with E-state index in [1.54, 1.807) is 36.3 Å². The number of hydrogen-bond donors (Lipinski definition) is 2. The first-order chi connectivity index (χ1) is 15.2. The van der Waals surface area contributed by atoms with E-state index in [4.69, 9.17) is 27.9 Å². The number of carbonyl (C=O) groups excluding carboxylic acids is 2. The van der Waals surface area contributed by atoms with Crippen LogP contribution in [-0.2, 0) is 4.74 Å². The summed E-state index contributed by atoms with van der Waals surface area (Å²) in [4.78, 5) is 35.2. The smallest absolute Gasteiger partial charge is 0.257 e. The minimum Gasteiger partial charge on any atom is -0.359 e. The molecule has 0 bridgehead atoms. The third-order valence-electron chi connectivity index (χ3n) is 5.96. The van der Waals surface area contributed by atoms with Gasteiger partial charge in [-0.3, -0.25) is 9.59 Å². The molecule has 9 heteroatoms. The van der Waals surface area contributed by atoms with Gasteiger partial charge in [-0.2, -0.15) is 0 Å². The molecule has 32 heavy (non-hydrogen) atoms. The molecule has 168 valence electrons. The summed E-state index contributed by atoms with van der Waals surface area (Å²) in [5, 5.41) is 3.73. The van der Waals surface area contributed by atoms with Crippen molar-refractivity contribution in [2.75, 3.05) is 13.7 Å². The Morgan fingerprint density at radius 1 is 1.25 bits per heavy atom. The van der Waals surface area contributed by atoms with E-state index in [0.717, 1.165) is 23.9 Å². The summed E-state index contributed by atoms with van der Waals surface area (Å²) < 4.78 is 5.55. The molecule has 2 N–H and O–H groups in total. The Morgan fingerprint density at radius 2 is 2.03 bits per heavy atom. The Morgan fingerprint density at radius 3 is 2.75 bits per heavy atom. The quantitative estimate of drug-likeness (QED) is 0.546. The zero-order chi connectivity index (χ0) is 23.0. The maximum absolute atomic E-state index is 13.0. The number of aromatic amines is 1. The van der Waals surface area contributed by atoms with Crippen LogP contribution in [0.25, 0.3) is 11.0 Å². The van der Waals surface area contributed by atoms with Crippen molar-refractivity contribution >= 4 is 46.0 Å². The lowest BCUT2D eigenvalue weighted by Gasteiger charge is -2.34. The fraction of sp³-hybridized carbons (Fsp3) is 0.348. The molecule has 2 heterocycles. The number of halogens is 2. The van der Waals surface area contributed by atoms with Gasteiger partial charge in [0, 0.05) is 24.2 Å². The van der Waals surface area contributed by atoms with E-state index in [9.17, 15) is 9.59 Å². The standard InChI is InChI=1S/C23H24Cl2N4O3/c1-13(20-27-18-8-6-15(24)12-19(18)28-20)26-21(30)14-5-7-16(17(25)11-14)22(31)29-10-4-9-23(29,2)32-3/h5-8,11-13H,4,9-10H2,1-3H3,(H,26,30)(H,27,28)/t13-,23-/m0/s1. The van der Waals surface area contributed by atoms with E-state index in [1.807, 2.05) is 19.9 Å². The zero-order valence-corrected chi connectivity index (χ0v) is 19.5. The molecule has 2 amide bonds. The molecule has 1 aliphatic heterocycles. The highest BCUT2D eigenvalue weighted by Crippen LogP contribution is 2.32. The molecule has 0 spiro atoms. The lowest BCUT2D eigenvalue weighted by Crippen LogP contribution is -2.46. The van der Waals surface area contributed by atoms with Crippen LogP contribution in [0.2, 0.25) is 10.0 Å². The summed E-state index contributed by atoms with van der Waals surface area (Å²) in [6.45, 7) is 4.32. The second-order valence-corrected chi connectivity index (χ2v) is 8.96. The number of nitrogens with one attached hydrogen (secondary N) is 2. The molecule has 4 rings (SSSR count). The van der Waals surface area contributed by atoms with Gasteiger partial charge in [-0.1, -0.05) is 23.2 Å². The van der Waals surface area contributed by atoms with Crippen LogP contribution in [0, 0.1) is 0 Å². The summed E-state index contributed by atoms with van der Waals surface area (Å²) in [6, 6.07) is 9.68. The summed E-state index contributed by atoms with van der Waals surface area (Å²) in [5.41, 5.74) is 1.61. The van der Waals surface area contributed by atoms with Crippen molar-refractivity contribution in [1.29, 1.82) is 0 Å². The van der Waals surface area contributed by atoms with E-state index in [0.29, 0.717) is 28.5 Å². The third-order valence-corrected chi connectivity index (χ3v) is 6.51. The summed E-state index contributed by atoms with van der Waals surface area (Å²) in [5.74, 6) is 0.0827. The number of hydrogen-bond acceptors (Lipinski definition) is 4. The van der Waals surface area contributed by atoms with Crippen LogP contribution in [0.4, 0.5) is 0 Å². The number of nitrogens with zero attached hydrogens (tertiary/aromatic N) is 2. The Hall–Kier alpha value is -2.61. The van der Waals surface area contributed by atoms with Gasteiger partial charge in [0.25, 0.3) is 11.8 Å². The van der Waals surface area contributed by atoms with E-state index < -0.39 is 5.72 Å². The molecule has 2 aromatic carbocycles. The van der Waals surface area contributed by atoms with Crippen LogP contribution in [-0.4, -0.2) is 46.1 Å². The Bertz CT molecular complexity index is 1200. The Balaban J connectivity index is 1.49. The van der Waals surface area contributed by atoms with Gasteiger partial charge in [0.05, 0.1) is 27.7 Å². The maximum Gasteiger partial charge on any atom is 0.257 e. The van der Waals surface area contributed by atoms with Crippen molar-refractivity contribution in [1.82, 2.24) is 20.2 Å². The van der Waals surface area contributed by atoms with Crippen LogP contribution in [0.15, 0.2) is 36.4 Å². The van der Waals surface area contributed by atoms with Crippen LogP contribution >= 0.6 is 23.2 Å². The van der Waals surface area contributed by atoms with Crippen molar-refractivity contribution in [2.45, 2.75) is 38.5 Å². The SMILES string of the molecule is CO[C@@]1(C)CCCN1C(=O)c1ccc(C(=O)N[C@@H](C)c2nc3ccc(Cl)cc3[nH]2)cc1Cl. The second kappa shape index (κ2) is 8.73. The molecule has 0 saturated carbocycles. The number of amides is 2. The molecule has 3 aromatic rings. The first-order valence-electron chi connectivity index (χ1n) is 10.3. The fourth-order valence-corrected chi connectivity index (χ4v) is 4.43. The van der Waals surface area contributed by atoms with Gasteiger partial charge in [-0.15, -0.1) is 0 Å². The van der Waals surface area contributed by atoms with Crippen LogP contribution < -0.4 is 5.32 Å². The molecule has 2 atom stereocenters. The average Bonchev–Trinajstić information content (AvgIpc) is 3.36. The van der Waals surface area contributed by atoms with Gasteiger partial charge in [-0.25, -0.2) is 4.98 Å². The molecule has 0 radical (unpaired) electrons. The van der Waals surface area contributed by atoms with Crippen molar-refractivity contribution in [3.63, 3.8) is 0 Å². The van der Waals surface area contributed by atoms with Crippen molar-refractivity contribution in [2.24, 2.45) is 0 Å². The molecular formula is C23H24Cl2N4O3. The Labute approximate surface area is 196 Å².